The molecule has 1 aliphatic rings. The van der Waals surface area contributed by atoms with Crippen molar-refractivity contribution in [1.29, 1.82) is 0 Å². The number of rotatable bonds is 6. The molecule has 5 nitrogen and oxygen atoms in total. The summed E-state index contributed by atoms with van der Waals surface area (Å²) >= 11 is 2.93. The van der Waals surface area contributed by atoms with E-state index in [1.165, 1.54) is 43.6 Å². The molecule has 3 rings (SSSR count). The van der Waals surface area contributed by atoms with E-state index in [2.05, 4.69) is 14.7 Å². The first-order valence-corrected chi connectivity index (χ1v) is 9.59. The Morgan fingerprint density at radius 1 is 1.39 bits per heavy atom. The van der Waals surface area contributed by atoms with Crippen LogP contribution in [0.5, 0.6) is 0 Å². The van der Waals surface area contributed by atoms with Crippen molar-refractivity contribution in [2.75, 3.05) is 11.1 Å². The Bertz CT molecular complexity index is 653. The van der Waals surface area contributed by atoms with Crippen LogP contribution >= 0.6 is 23.3 Å². The monoisotopic (exact) mass is 348 g/mol. The van der Waals surface area contributed by atoms with Crippen molar-refractivity contribution in [3.8, 4) is 0 Å². The fourth-order valence-electron chi connectivity index (χ4n) is 2.80. The smallest absolute Gasteiger partial charge is 0.254 e. The lowest BCUT2D eigenvalue weighted by molar-refractivity contribution is 0.0998. The molecule has 7 heteroatoms. The van der Waals surface area contributed by atoms with Crippen LogP contribution in [0.2, 0.25) is 0 Å². The molecule has 1 fully saturated rings. The molecule has 0 spiro atoms. The van der Waals surface area contributed by atoms with Crippen molar-refractivity contribution < 1.29 is 4.79 Å². The number of carbonyl (C=O) groups excluding carboxylic acids is 1. The van der Waals surface area contributed by atoms with Crippen LogP contribution in [0.25, 0.3) is 0 Å². The maximum atomic E-state index is 11.9. The fraction of sp³-hybridized carbons (Fsp3) is 0.438. The first kappa shape index (κ1) is 16.3. The van der Waals surface area contributed by atoms with Crippen LogP contribution in [0.4, 0.5) is 10.7 Å². The number of nitrogens with zero attached hydrogens (tertiary/aromatic N) is 2. The Kier molecular flexibility index (Phi) is 5.51. The van der Waals surface area contributed by atoms with Gasteiger partial charge in [0.05, 0.1) is 11.9 Å². The van der Waals surface area contributed by atoms with Crippen LogP contribution in [-0.4, -0.2) is 21.0 Å². The molecule has 0 saturated heterocycles. The lowest BCUT2D eigenvalue weighted by Gasteiger charge is -2.20. The van der Waals surface area contributed by atoms with Crippen LogP contribution in [0.1, 0.15) is 42.5 Å². The van der Waals surface area contributed by atoms with Crippen LogP contribution in [0, 0.1) is 5.92 Å². The number of primary amides is 1. The Balaban J connectivity index is 1.71. The molecule has 1 amide bonds. The summed E-state index contributed by atoms with van der Waals surface area (Å²) in [4.78, 5) is 15.9. The topological polar surface area (TPSA) is 80.9 Å². The van der Waals surface area contributed by atoms with Crippen molar-refractivity contribution in [3.63, 3.8) is 0 Å². The van der Waals surface area contributed by atoms with Crippen molar-refractivity contribution >= 4 is 39.9 Å². The molecule has 23 heavy (non-hydrogen) atoms. The minimum Gasteiger partial charge on any atom is -0.365 e. The highest BCUT2D eigenvalue weighted by Crippen LogP contribution is 2.36. The number of aromatic nitrogens is 2. The molecule has 2 heterocycles. The van der Waals surface area contributed by atoms with Crippen LogP contribution in [-0.2, 0) is 0 Å². The summed E-state index contributed by atoms with van der Waals surface area (Å²) in [7, 11) is 0. The standard InChI is InChI=1S/C16H20N4OS2/c17-14(21)13-15(19-12-7-4-8-18-9-12)23-20-16(13)22-10-11-5-2-1-3-6-11/h4,7-9,11,19H,1-3,5-6,10H2,(H2,17,21). The van der Waals surface area contributed by atoms with Crippen molar-refractivity contribution in [1.82, 2.24) is 9.36 Å². The molecule has 0 bridgehead atoms. The highest BCUT2D eigenvalue weighted by Gasteiger charge is 2.21. The zero-order valence-corrected chi connectivity index (χ0v) is 14.5. The highest BCUT2D eigenvalue weighted by molar-refractivity contribution is 7.99. The Hall–Kier alpha value is -1.60. The summed E-state index contributed by atoms with van der Waals surface area (Å²) < 4.78 is 4.44. The SMILES string of the molecule is NC(=O)c1c(SCC2CCCCC2)nsc1Nc1cccnc1. The molecule has 0 atom stereocenters. The second kappa shape index (κ2) is 7.79. The van der Waals surface area contributed by atoms with E-state index in [1.807, 2.05) is 12.1 Å². The molecule has 1 aliphatic carbocycles. The van der Waals surface area contributed by atoms with E-state index >= 15 is 0 Å². The lowest BCUT2D eigenvalue weighted by atomic mass is 9.91. The van der Waals surface area contributed by atoms with Crippen LogP contribution in [0.15, 0.2) is 29.6 Å². The Morgan fingerprint density at radius 3 is 2.91 bits per heavy atom. The van der Waals surface area contributed by atoms with Gasteiger partial charge in [-0.3, -0.25) is 9.78 Å². The molecule has 0 radical (unpaired) electrons. The first-order chi connectivity index (χ1) is 11.2. The van der Waals surface area contributed by atoms with E-state index in [4.69, 9.17) is 5.73 Å². The predicted octanol–water partition coefficient (Wildman–Crippen LogP) is 4.05. The first-order valence-electron chi connectivity index (χ1n) is 7.83. The molecule has 1 saturated carbocycles. The van der Waals surface area contributed by atoms with Crippen LogP contribution < -0.4 is 11.1 Å². The highest BCUT2D eigenvalue weighted by atomic mass is 32.2. The third-order valence-electron chi connectivity index (χ3n) is 4.01. The molecule has 0 aromatic carbocycles. The predicted molar refractivity (Wildman–Crippen MR) is 95.5 cm³/mol. The van der Waals surface area contributed by atoms with Crippen molar-refractivity contribution in [3.05, 3.63) is 30.1 Å². The molecule has 0 unspecified atom stereocenters. The number of nitrogens with two attached hydrogens (primary N) is 1. The summed E-state index contributed by atoms with van der Waals surface area (Å²) in [6, 6.07) is 3.73. The second-order valence-electron chi connectivity index (χ2n) is 5.74. The van der Waals surface area contributed by atoms with E-state index in [0.717, 1.165) is 22.4 Å². The number of hydrogen-bond donors (Lipinski definition) is 2. The summed E-state index contributed by atoms with van der Waals surface area (Å²) in [5.41, 5.74) is 6.90. The maximum absolute atomic E-state index is 11.9. The molecule has 3 N–H and O–H groups in total. The number of carbonyl (C=O) groups is 1. The van der Waals surface area contributed by atoms with Crippen molar-refractivity contribution in [2.24, 2.45) is 11.7 Å². The fourth-order valence-corrected chi connectivity index (χ4v) is 4.97. The van der Waals surface area contributed by atoms with Gasteiger partial charge in [0.2, 0.25) is 0 Å². The largest absolute Gasteiger partial charge is 0.365 e. The van der Waals surface area contributed by atoms with Gasteiger partial charge in [0.1, 0.15) is 15.6 Å². The van der Waals surface area contributed by atoms with Gasteiger partial charge >= 0.3 is 0 Å². The second-order valence-corrected chi connectivity index (χ2v) is 7.52. The molecular formula is C16H20N4OS2. The number of hydrogen-bond acceptors (Lipinski definition) is 6. The summed E-state index contributed by atoms with van der Waals surface area (Å²) in [6.45, 7) is 0. The molecule has 2 aromatic heterocycles. The van der Waals surface area contributed by atoms with E-state index < -0.39 is 5.91 Å². The molecular weight excluding hydrogens is 328 g/mol. The maximum Gasteiger partial charge on any atom is 0.254 e. The Morgan fingerprint density at radius 2 is 2.22 bits per heavy atom. The summed E-state index contributed by atoms with van der Waals surface area (Å²) in [5.74, 6) is 1.30. The zero-order valence-electron chi connectivity index (χ0n) is 12.8. The number of anilines is 2. The Labute approximate surface area is 144 Å². The van der Waals surface area contributed by atoms with Gasteiger partial charge in [-0.25, -0.2) is 0 Å². The van der Waals surface area contributed by atoms with E-state index in [-0.39, 0.29) is 0 Å². The van der Waals surface area contributed by atoms with Crippen molar-refractivity contribution in [2.45, 2.75) is 37.1 Å². The van der Waals surface area contributed by atoms with Gasteiger partial charge in [0, 0.05) is 11.9 Å². The molecule has 0 aliphatic heterocycles. The van der Waals surface area contributed by atoms with Crippen LogP contribution in [0.3, 0.4) is 0 Å². The minimum absolute atomic E-state index is 0.434. The van der Waals surface area contributed by atoms with Gasteiger partial charge < -0.3 is 11.1 Å². The van der Waals surface area contributed by atoms with E-state index in [9.17, 15) is 4.79 Å². The minimum atomic E-state index is -0.434. The summed E-state index contributed by atoms with van der Waals surface area (Å²) in [6.07, 6.45) is 9.96. The van der Waals surface area contributed by atoms with Gasteiger partial charge in [-0.05, 0) is 42.4 Å². The average Bonchev–Trinajstić information content (AvgIpc) is 2.98. The number of nitrogens with one attached hydrogen (secondary N) is 1. The lowest BCUT2D eigenvalue weighted by Crippen LogP contribution is -2.14. The van der Waals surface area contributed by atoms with Gasteiger partial charge in [-0.1, -0.05) is 19.3 Å². The van der Waals surface area contributed by atoms with E-state index in [0.29, 0.717) is 10.6 Å². The zero-order chi connectivity index (χ0) is 16.1. The van der Waals surface area contributed by atoms with Gasteiger partial charge in [0.15, 0.2) is 0 Å². The van der Waals surface area contributed by atoms with E-state index in [1.54, 1.807) is 24.2 Å². The number of amides is 1. The third-order valence-corrected chi connectivity index (χ3v) is 6.09. The number of pyridine rings is 1. The number of thioether (sulfide) groups is 1. The average molecular weight is 348 g/mol. The van der Waals surface area contributed by atoms with Gasteiger partial charge in [0.25, 0.3) is 5.91 Å². The molecule has 2 aromatic rings. The summed E-state index contributed by atoms with van der Waals surface area (Å²) in [5, 5.41) is 4.63. The van der Waals surface area contributed by atoms with Gasteiger partial charge in [-0.15, -0.1) is 11.8 Å². The van der Waals surface area contributed by atoms with Gasteiger partial charge in [-0.2, -0.15) is 4.37 Å². The third kappa shape index (κ3) is 4.23. The quantitative estimate of drug-likeness (QED) is 0.770. The molecule has 122 valence electrons. The normalized spacial score (nSPS) is 15.5.